The molecular formula is C13H19NO3. The quantitative estimate of drug-likeness (QED) is 0.588. The number of hydrogen-bond donors (Lipinski definition) is 1. The summed E-state index contributed by atoms with van der Waals surface area (Å²) in [6, 6.07) is 0. The Morgan fingerprint density at radius 1 is 1.29 bits per heavy atom. The highest BCUT2D eigenvalue weighted by atomic mass is 16.5. The van der Waals surface area contributed by atoms with Crippen molar-refractivity contribution in [2.75, 3.05) is 0 Å². The molecule has 0 heterocycles. The number of nitrogens with one attached hydrogen (secondary N) is 1. The molecule has 1 N–H and O–H groups in total. The average Bonchev–Trinajstić information content (AvgIpc) is 2.22. The third kappa shape index (κ3) is 5.15. The van der Waals surface area contributed by atoms with E-state index in [0.29, 0.717) is 11.3 Å². The van der Waals surface area contributed by atoms with Gasteiger partial charge in [-0.05, 0) is 31.9 Å². The van der Waals surface area contributed by atoms with Crippen LogP contribution in [0.2, 0.25) is 0 Å². The summed E-state index contributed by atoms with van der Waals surface area (Å²) in [6.07, 6.45) is 0.792. The number of allylic oxidation sites excluding steroid dienone is 3. The van der Waals surface area contributed by atoms with Crippen LogP contribution in [0.4, 0.5) is 0 Å². The molecule has 4 nitrogen and oxygen atoms in total. The third-order valence-corrected chi connectivity index (χ3v) is 2.09. The first-order valence-corrected chi connectivity index (χ1v) is 5.26. The lowest BCUT2D eigenvalue weighted by Gasteiger charge is -2.16. The van der Waals surface area contributed by atoms with Gasteiger partial charge in [-0.15, -0.1) is 0 Å². The number of rotatable bonds is 5. The van der Waals surface area contributed by atoms with Gasteiger partial charge in [-0.2, -0.15) is 0 Å². The van der Waals surface area contributed by atoms with E-state index >= 15 is 0 Å². The Kier molecular flexibility index (Phi) is 5.96. The Bertz CT molecular complexity index is 380. The predicted molar refractivity (Wildman–Crippen MR) is 67.1 cm³/mol. The van der Waals surface area contributed by atoms with Crippen LogP contribution in [-0.4, -0.2) is 18.0 Å². The third-order valence-electron chi connectivity index (χ3n) is 2.09. The molecule has 1 atom stereocenters. The van der Waals surface area contributed by atoms with Crippen LogP contribution >= 0.6 is 0 Å². The summed E-state index contributed by atoms with van der Waals surface area (Å²) in [4.78, 5) is 22.4. The molecule has 0 rings (SSSR count). The standard InChI is InChI=1S/C13H19NO3/c1-7-9(4)12(8(2)3)14-13(16)10(5)17-11(6)15/h7,10H,1-2H2,3-6H3,(H,14,16)/b12-9+. The Balaban J connectivity index is 4.81. The van der Waals surface area contributed by atoms with E-state index in [4.69, 9.17) is 4.74 Å². The lowest BCUT2D eigenvalue weighted by Crippen LogP contribution is -2.35. The second kappa shape index (κ2) is 6.68. The minimum atomic E-state index is -0.834. The smallest absolute Gasteiger partial charge is 0.303 e. The number of esters is 1. The minimum Gasteiger partial charge on any atom is -0.453 e. The molecule has 0 spiro atoms. The van der Waals surface area contributed by atoms with Crippen LogP contribution in [0.1, 0.15) is 27.7 Å². The van der Waals surface area contributed by atoms with Crippen LogP contribution in [-0.2, 0) is 14.3 Å². The van der Waals surface area contributed by atoms with Gasteiger partial charge in [0.15, 0.2) is 6.10 Å². The molecule has 0 aliphatic carbocycles. The second-order valence-electron chi connectivity index (χ2n) is 3.78. The van der Waals surface area contributed by atoms with Gasteiger partial charge < -0.3 is 10.1 Å². The van der Waals surface area contributed by atoms with Crippen molar-refractivity contribution in [3.8, 4) is 0 Å². The Labute approximate surface area is 102 Å². The summed E-state index contributed by atoms with van der Waals surface area (Å²) in [5.41, 5.74) is 2.12. The van der Waals surface area contributed by atoms with E-state index in [1.807, 2.05) is 6.92 Å². The monoisotopic (exact) mass is 237 g/mol. The highest BCUT2D eigenvalue weighted by molar-refractivity contribution is 5.85. The topological polar surface area (TPSA) is 55.4 Å². The maximum Gasteiger partial charge on any atom is 0.303 e. The molecule has 0 aliphatic rings. The summed E-state index contributed by atoms with van der Waals surface area (Å²) in [7, 11) is 0. The molecule has 17 heavy (non-hydrogen) atoms. The van der Waals surface area contributed by atoms with Gasteiger partial charge in [0.1, 0.15) is 0 Å². The first-order chi connectivity index (χ1) is 7.79. The number of carbonyl (C=O) groups is 2. The molecule has 0 radical (unpaired) electrons. The van der Waals surface area contributed by atoms with Crippen molar-refractivity contribution < 1.29 is 14.3 Å². The number of hydrogen-bond acceptors (Lipinski definition) is 3. The summed E-state index contributed by atoms with van der Waals surface area (Å²) in [5, 5.41) is 2.66. The minimum absolute atomic E-state index is 0.389. The van der Waals surface area contributed by atoms with E-state index in [0.717, 1.165) is 5.57 Å². The van der Waals surface area contributed by atoms with Crippen LogP contribution in [0.25, 0.3) is 0 Å². The number of amides is 1. The fourth-order valence-corrected chi connectivity index (χ4v) is 1.17. The van der Waals surface area contributed by atoms with Crippen molar-refractivity contribution in [2.45, 2.75) is 33.8 Å². The van der Waals surface area contributed by atoms with E-state index in [2.05, 4.69) is 18.5 Å². The van der Waals surface area contributed by atoms with Crippen LogP contribution in [0.15, 0.2) is 36.1 Å². The summed E-state index contributed by atoms with van der Waals surface area (Å²) < 4.78 is 4.78. The van der Waals surface area contributed by atoms with Gasteiger partial charge in [-0.1, -0.05) is 19.2 Å². The van der Waals surface area contributed by atoms with Gasteiger partial charge in [-0.3, -0.25) is 9.59 Å². The van der Waals surface area contributed by atoms with E-state index in [-0.39, 0.29) is 5.91 Å². The predicted octanol–water partition coefficient (Wildman–Crippen LogP) is 2.09. The Morgan fingerprint density at radius 3 is 2.18 bits per heavy atom. The average molecular weight is 237 g/mol. The zero-order valence-electron chi connectivity index (χ0n) is 10.8. The molecule has 0 aromatic carbocycles. The largest absolute Gasteiger partial charge is 0.453 e. The summed E-state index contributed by atoms with van der Waals surface area (Å²) in [5.74, 6) is -0.881. The van der Waals surface area contributed by atoms with Crippen LogP contribution < -0.4 is 5.32 Å². The van der Waals surface area contributed by atoms with E-state index in [1.54, 1.807) is 13.0 Å². The zero-order valence-corrected chi connectivity index (χ0v) is 10.8. The molecule has 0 aliphatic heterocycles. The van der Waals surface area contributed by atoms with Gasteiger partial charge in [0.05, 0.1) is 0 Å². The lowest BCUT2D eigenvalue weighted by atomic mass is 10.1. The molecule has 0 saturated carbocycles. The fourth-order valence-electron chi connectivity index (χ4n) is 1.17. The van der Waals surface area contributed by atoms with E-state index < -0.39 is 12.1 Å². The lowest BCUT2D eigenvalue weighted by molar-refractivity contribution is -0.152. The van der Waals surface area contributed by atoms with E-state index in [1.165, 1.54) is 13.8 Å². The van der Waals surface area contributed by atoms with Crippen molar-refractivity contribution in [3.05, 3.63) is 36.1 Å². The summed E-state index contributed by atoms with van der Waals surface area (Å²) in [6.45, 7) is 13.8. The molecule has 94 valence electrons. The second-order valence-corrected chi connectivity index (χ2v) is 3.78. The van der Waals surface area contributed by atoms with Gasteiger partial charge >= 0.3 is 5.97 Å². The van der Waals surface area contributed by atoms with Gasteiger partial charge in [0.2, 0.25) is 0 Å². The van der Waals surface area contributed by atoms with Crippen LogP contribution in [0.5, 0.6) is 0 Å². The maximum atomic E-state index is 11.7. The fraction of sp³-hybridized carbons (Fsp3) is 0.385. The zero-order chi connectivity index (χ0) is 13.6. The molecule has 4 heteroatoms. The number of carbonyl (C=O) groups excluding carboxylic acids is 2. The highest BCUT2D eigenvalue weighted by Gasteiger charge is 2.17. The molecule has 1 unspecified atom stereocenters. The van der Waals surface area contributed by atoms with Gasteiger partial charge in [0, 0.05) is 12.6 Å². The van der Waals surface area contributed by atoms with Gasteiger partial charge in [-0.25, -0.2) is 0 Å². The summed E-state index contributed by atoms with van der Waals surface area (Å²) >= 11 is 0. The first-order valence-electron chi connectivity index (χ1n) is 5.26. The molecule has 0 saturated heterocycles. The van der Waals surface area contributed by atoms with Crippen molar-refractivity contribution in [2.24, 2.45) is 0 Å². The Morgan fingerprint density at radius 2 is 1.82 bits per heavy atom. The highest BCUT2D eigenvalue weighted by Crippen LogP contribution is 2.11. The molecule has 0 bridgehead atoms. The van der Waals surface area contributed by atoms with Crippen molar-refractivity contribution >= 4 is 11.9 Å². The van der Waals surface area contributed by atoms with Crippen LogP contribution in [0, 0.1) is 0 Å². The molecule has 1 amide bonds. The molecule has 0 aromatic rings. The number of ether oxygens (including phenoxy) is 1. The van der Waals surface area contributed by atoms with Crippen molar-refractivity contribution in [1.29, 1.82) is 0 Å². The SMILES string of the molecule is C=C/C(C)=C(/NC(=O)C(C)OC(C)=O)C(=C)C. The molecular weight excluding hydrogens is 218 g/mol. The molecule has 0 aromatic heterocycles. The van der Waals surface area contributed by atoms with Gasteiger partial charge in [0.25, 0.3) is 5.91 Å². The Hall–Kier alpha value is -1.84. The van der Waals surface area contributed by atoms with Crippen molar-refractivity contribution in [3.63, 3.8) is 0 Å². The van der Waals surface area contributed by atoms with Crippen molar-refractivity contribution in [1.82, 2.24) is 5.32 Å². The first kappa shape index (κ1) is 15.2. The normalized spacial score (nSPS) is 13.2. The molecule has 0 fully saturated rings. The van der Waals surface area contributed by atoms with Crippen LogP contribution in [0.3, 0.4) is 0 Å². The van der Waals surface area contributed by atoms with E-state index in [9.17, 15) is 9.59 Å². The maximum absolute atomic E-state index is 11.7.